The van der Waals surface area contributed by atoms with Gasteiger partial charge >= 0.3 is 0 Å². The van der Waals surface area contributed by atoms with Crippen LogP contribution in [0.2, 0.25) is 0 Å². The highest BCUT2D eigenvalue weighted by molar-refractivity contribution is 5.81. The first-order valence-electron chi connectivity index (χ1n) is 7.87. The van der Waals surface area contributed by atoms with Gasteiger partial charge in [0.15, 0.2) is 0 Å². The summed E-state index contributed by atoms with van der Waals surface area (Å²) in [6, 6.07) is 7.40. The molecule has 1 aliphatic heterocycles. The molecule has 1 aliphatic rings. The molecule has 0 aromatic heterocycles. The molecule has 1 saturated heterocycles. The summed E-state index contributed by atoms with van der Waals surface area (Å²) in [4.78, 5) is 25.6. The molecule has 1 aromatic carbocycles. The summed E-state index contributed by atoms with van der Waals surface area (Å²) < 4.78 is 0. The summed E-state index contributed by atoms with van der Waals surface area (Å²) in [6.45, 7) is 5.73. The number of nitrogens with one attached hydrogen (secondary N) is 1. The van der Waals surface area contributed by atoms with Crippen LogP contribution in [0.1, 0.15) is 37.8 Å². The van der Waals surface area contributed by atoms with E-state index >= 15 is 0 Å². The molecule has 5 heteroatoms. The van der Waals surface area contributed by atoms with Crippen molar-refractivity contribution in [3.05, 3.63) is 35.4 Å². The minimum atomic E-state index is -0.493. The molecule has 1 aromatic rings. The highest BCUT2D eigenvalue weighted by Gasteiger charge is 2.21. The molecule has 120 valence electrons. The van der Waals surface area contributed by atoms with Crippen molar-refractivity contribution in [2.45, 2.75) is 45.8 Å². The predicted octanol–water partition coefficient (Wildman–Crippen LogP) is 1.41. The van der Waals surface area contributed by atoms with Crippen LogP contribution in [-0.4, -0.2) is 29.3 Å². The lowest BCUT2D eigenvalue weighted by atomic mass is 10.0. The number of carbonyl (C=O) groups is 2. The van der Waals surface area contributed by atoms with E-state index in [1.54, 1.807) is 0 Å². The second kappa shape index (κ2) is 7.40. The Labute approximate surface area is 131 Å². The first kappa shape index (κ1) is 16.5. The fraction of sp³-hybridized carbons (Fsp3) is 0.529. The van der Waals surface area contributed by atoms with Crippen molar-refractivity contribution in [3.63, 3.8) is 0 Å². The third-order valence-corrected chi connectivity index (χ3v) is 4.13. The minimum Gasteiger partial charge on any atom is -0.351 e. The Morgan fingerprint density at radius 1 is 1.32 bits per heavy atom. The first-order chi connectivity index (χ1) is 10.5. The fourth-order valence-electron chi connectivity index (χ4n) is 2.56. The van der Waals surface area contributed by atoms with Crippen molar-refractivity contribution in [2.75, 3.05) is 6.54 Å². The summed E-state index contributed by atoms with van der Waals surface area (Å²) in [5.74, 6) is 0.181. The van der Waals surface area contributed by atoms with Gasteiger partial charge in [0.25, 0.3) is 0 Å². The predicted molar refractivity (Wildman–Crippen MR) is 85.8 cm³/mol. The van der Waals surface area contributed by atoms with Gasteiger partial charge in [-0.05, 0) is 23.5 Å². The molecule has 3 N–H and O–H groups in total. The Morgan fingerprint density at radius 2 is 2.00 bits per heavy atom. The number of nitrogens with two attached hydrogens (primary N) is 1. The van der Waals surface area contributed by atoms with Crippen LogP contribution in [0, 0.1) is 5.92 Å². The monoisotopic (exact) mass is 303 g/mol. The van der Waals surface area contributed by atoms with Gasteiger partial charge in [0.1, 0.15) is 0 Å². The van der Waals surface area contributed by atoms with E-state index in [-0.39, 0.29) is 17.7 Å². The maximum absolute atomic E-state index is 12.0. The standard InChI is InChI=1S/C17H25N3O2/c1-12(2)16(18)17(22)19-10-13-6-3-4-7-14(13)11-20-9-5-8-15(20)21/h3-4,6-7,12,16H,5,8-11,18H2,1-2H3,(H,19,22)/t16-/m0/s1. The average Bonchev–Trinajstić information content (AvgIpc) is 2.90. The molecule has 22 heavy (non-hydrogen) atoms. The van der Waals surface area contributed by atoms with Crippen LogP contribution in [0.3, 0.4) is 0 Å². The van der Waals surface area contributed by atoms with Gasteiger partial charge in [-0.2, -0.15) is 0 Å². The third-order valence-electron chi connectivity index (χ3n) is 4.13. The topological polar surface area (TPSA) is 75.4 Å². The van der Waals surface area contributed by atoms with Gasteiger partial charge in [-0.1, -0.05) is 38.1 Å². The Bertz CT molecular complexity index is 542. The van der Waals surface area contributed by atoms with E-state index in [9.17, 15) is 9.59 Å². The molecule has 2 amide bonds. The van der Waals surface area contributed by atoms with Crippen LogP contribution >= 0.6 is 0 Å². The van der Waals surface area contributed by atoms with E-state index in [4.69, 9.17) is 5.73 Å². The van der Waals surface area contributed by atoms with Crippen molar-refractivity contribution in [2.24, 2.45) is 11.7 Å². The van der Waals surface area contributed by atoms with E-state index in [0.29, 0.717) is 19.5 Å². The number of likely N-dealkylation sites (tertiary alicyclic amines) is 1. The molecule has 5 nitrogen and oxygen atoms in total. The van der Waals surface area contributed by atoms with Crippen LogP contribution in [0.25, 0.3) is 0 Å². The van der Waals surface area contributed by atoms with Gasteiger partial charge in [0.2, 0.25) is 11.8 Å². The molecule has 0 aliphatic carbocycles. The maximum Gasteiger partial charge on any atom is 0.237 e. The lowest BCUT2D eigenvalue weighted by molar-refractivity contribution is -0.128. The molecule has 2 rings (SSSR count). The normalized spacial score (nSPS) is 16.2. The number of nitrogens with zero attached hydrogens (tertiary/aromatic N) is 1. The summed E-state index contributed by atoms with van der Waals surface area (Å²) in [6.07, 6.45) is 1.57. The Morgan fingerprint density at radius 3 is 2.59 bits per heavy atom. The zero-order chi connectivity index (χ0) is 16.1. The maximum atomic E-state index is 12.0. The number of carbonyl (C=O) groups excluding carboxylic acids is 2. The largest absolute Gasteiger partial charge is 0.351 e. The van der Waals surface area contributed by atoms with Crippen molar-refractivity contribution < 1.29 is 9.59 Å². The van der Waals surface area contributed by atoms with Crippen LogP contribution in [0.15, 0.2) is 24.3 Å². The van der Waals surface area contributed by atoms with Gasteiger partial charge in [0, 0.05) is 26.1 Å². The number of rotatable bonds is 6. The van der Waals surface area contributed by atoms with Gasteiger partial charge in [-0.3, -0.25) is 9.59 Å². The minimum absolute atomic E-state index is 0.109. The van der Waals surface area contributed by atoms with Crippen molar-refractivity contribution in [3.8, 4) is 0 Å². The van der Waals surface area contributed by atoms with Crippen LogP contribution < -0.4 is 11.1 Å². The first-order valence-corrected chi connectivity index (χ1v) is 7.87. The molecule has 1 fully saturated rings. The van der Waals surface area contributed by atoms with E-state index in [2.05, 4.69) is 5.32 Å². The Kier molecular flexibility index (Phi) is 5.55. The average molecular weight is 303 g/mol. The Balaban J connectivity index is 1.99. The number of hydrogen-bond donors (Lipinski definition) is 2. The molecule has 0 radical (unpaired) electrons. The van der Waals surface area contributed by atoms with Crippen molar-refractivity contribution in [1.82, 2.24) is 10.2 Å². The third kappa shape index (κ3) is 4.07. The van der Waals surface area contributed by atoms with Crippen molar-refractivity contribution in [1.29, 1.82) is 0 Å². The zero-order valence-corrected chi connectivity index (χ0v) is 13.3. The highest BCUT2D eigenvalue weighted by Crippen LogP contribution is 2.17. The molecular formula is C17H25N3O2. The summed E-state index contributed by atoms with van der Waals surface area (Å²) >= 11 is 0. The number of hydrogen-bond acceptors (Lipinski definition) is 3. The fourth-order valence-corrected chi connectivity index (χ4v) is 2.56. The molecular weight excluding hydrogens is 278 g/mol. The molecule has 0 unspecified atom stereocenters. The summed E-state index contributed by atoms with van der Waals surface area (Å²) in [7, 11) is 0. The second-order valence-electron chi connectivity index (χ2n) is 6.18. The van der Waals surface area contributed by atoms with E-state index < -0.39 is 6.04 Å². The molecule has 0 spiro atoms. The molecule has 1 heterocycles. The summed E-state index contributed by atoms with van der Waals surface area (Å²) in [5, 5.41) is 2.89. The van der Waals surface area contributed by atoms with E-state index in [1.165, 1.54) is 0 Å². The smallest absolute Gasteiger partial charge is 0.237 e. The van der Waals surface area contributed by atoms with Gasteiger partial charge in [-0.25, -0.2) is 0 Å². The van der Waals surface area contributed by atoms with Crippen LogP contribution in [0.5, 0.6) is 0 Å². The lowest BCUT2D eigenvalue weighted by Gasteiger charge is -2.19. The lowest BCUT2D eigenvalue weighted by Crippen LogP contribution is -2.43. The summed E-state index contributed by atoms with van der Waals surface area (Å²) in [5.41, 5.74) is 7.96. The molecule has 1 atom stereocenters. The van der Waals surface area contributed by atoms with Crippen LogP contribution in [-0.2, 0) is 22.7 Å². The SMILES string of the molecule is CC(C)[C@H](N)C(=O)NCc1ccccc1CN1CCCC1=O. The van der Waals surface area contributed by atoms with Crippen LogP contribution in [0.4, 0.5) is 0 Å². The zero-order valence-electron chi connectivity index (χ0n) is 13.3. The molecule has 0 saturated carbocycles. The van der Waals surface area contributed by atoms with Gasteiger partial charge < -0.3 is 16.0 Å². The van der Waals surface area contributed by atoms with E-state index in [1.807, 2.05) is 43.0 Å². The Hall–Kier alpha value is -1.88. The molecule has 0 bridgehead atoms. The highest BCUT2D eigenvalue weighted by atomic mass is 16.2. The second-order valence-corrected chi connectivity index (χ2v) is 6.18. The van der Waals surface area contributed by atoms with Gasteiger partial charge in [-0.15, -0.1) is 0 Å². The van der Waals surface area contributed by atoms with Crippen molar-refractivity contribution >= 4 is 11.8 Å². The quantitative estimate of drug-likeness (QED) is 0.834. The van der Waals surface area contributed by atoms with E-state index in [0.717, 1.165) is 24.1 Å². The van der Waals surface area contributed by atoms with Gasteiger partial charge in [0.05, 0.1) is 6.04 Å². The number of benzene rings is 1. The number of amides is 2.